The Labute approximate surface area is 92.1 Å². The van der Waals surface area contributed by atoms with Gasteiger partial charge in [0.15, 0.2) is 0 Å². The van der Waals surface area contributed by atoms with Gasteiger partial charge in [-0.3, -0.25) is 4.90 Å². The standard InChI is InChI=1S/C14H19N/c1-11-4-6-12(7-5-11)14-3-2-10-15(14)13-8-9-13/h4-7,13-14H,2-3,8-10H2,1H3. The summed E-state index contributed by atoms with van der Waals surface area (Å²) < 4.78 is 0. The lowest BCUT2D eigenvalue weighted by Gasteiger charge is -2.24. The van der Waals surface area contributed by atoms with Gasteiger partial charge in [0.05, 0.1) is 0 Å². The van der Waals surface area contributed by atoms with Gasteiger partial charge in [0, 0.05) is 12.1 Å². The Balaban J connectivity index is 1.82. The van der Waals surface area contributed by atoms with Crippen LogP contribution in [0.2, 0.25) is 0 Å². The van der Waals surface area contributed by atoms with Gasteiger partial charge in [-0.05, 0) is 44.7 Å². The fraction of sp³-hybridized carbons (Fsp3) is 0.571. The minimum Gasteiger partial charge on any atom is -0.293 e. The maximum Gasteiger partial charge on any atom is 0.0351 e. The number of benzene rings is 1. The van der Waals surface area contributed by atoms with Crippen LogP contribution in [-0.2, 0) is 0 Å². The van der Waals surface area contributed by atoms with Crippen molar-refractivity contribution in [3.63, 3.8) is 0 Å². The number of nitrogens with zero attached hydrogens (tertiary/aromatic N) is 1. The summed E-state index contributed by atoms with van der Waals surface area (Å²) in [5, 5.41) is 0. The molecule has 1 aliphatic heterocycles. The summed E-state index contributed by atoms with van der Waals surface area (Å²) in [5.74, 6) is 0. The molecule has 1 atom stereocenters. The summed E-state index contributed by atoms with van der Waals surface area (Å²) in [6, 6.07) is 10.8. The molecule has 0 N–H and O–H groups in total. The van der Waals surface area contributed by atoms with E-state index in [9.17, 15) is 0 Å². The summed E-state index contributed by atoms with van der Waals surface area (Å²) in [4.78, 5) is 2.73. The second-order valence-electron chi connectivity index (χ2n) is 5.04. The van der Waals surface area contributed by atoms with E-state index in [-0.39, 0.29) is 0 Å². The predicted octanol–water partition coefficient (Wildman–Crippen LogP) is 3.29. The van der Waals surface area contributed by atoms with Crippen molar-refractivity contribution < 1.29 is 0 Å². The molecule has 1 heterocycles. The van der Waals surface area contributed by atoms with Crippen molar-refractivity contribution in [3.8, 4) is 0 Å². The SMILES string of the molecule is Cc1ccc(C2CCCN2C2CC2)cc1. The van der Waals surface area contributed by atoms with E-state index in [4.69, 9.17) is 0 Å². The van der Waals surface area contributed by atoms with Crippen LogP contribution in [0, 0.1) is 6.92 Å². The number of likely N-dealkylation sites (tertiary alicyclic amines) is 1. The highest BCUT2D eigenvalue weighted by atomic mass is 15.2. The molecule has 1 aliphatic carbocycles. The third kappa shape index (κ3) is 1.81. The Morgan fingerprint density at radius 1 is 1.07 bits per heavy atom. The molecule has 15 heavy (non-hydrogen) atoms. The lowest BCUT2D eigenvalue weighted by atomic mass is 10.0. The van der Waals surface area contributed by atoms with E-state index in [0.717, 1.165) is 12.1 Å². The smallest absolute Gasteiger partial charge is 0.0351 e. The van der Waals surface area contributed by atoms with Crippen molar-refractivity contribution in [3.05, 3.63) is 35.4 Å². The fourth-order valence-corrected chi connectivity index (χ4v) is 2.78. The van der Waals surface area contributed by atoms with Crippen molar-refractivity contribution in [2.75, 3.05) is 6.54 Å². The molecular formula is C14H19N. The van der Waals surface area contributed by atoms with Crippen molar-refractivity contribution >= 4 is 0 Å². The van der Waals surface area contributed by atoms with Gasteiger partial charge < -0.3 is 0 Å². The molecule has 1 saturated heterocycles. The Kier molecular flexibility index (Phi) is 2.28. The van der Waals surface area contributed by atoms with Gasteiger partial charge in [0.2, 0.25) is 0 Å². The van der Waals surface area contributed by atoms with Gasteiger partial charge in [-0.2, -0.15) is 0 Å². The van der Waals surface area contributed by atoms with E-state index in [1.54, 1.807) is 0 Å². The van der Waals surface area contributed by atoms with Crippen LogP contribution >= 0.6 is 0 Å². The van der Waals surface area contributed by atoms with E-state index >= 15 is 0 Å². The van der Waals surface area contributed by atoms with Crippen LogP contribution in [0.1, 0.15) is 42.9 Å². The molecule has 0 radical (unpaired) electrons. The molecular weight excluding hydrogens is 182 g/mol. The van der Waals surface area contributed by atoms with Gasteiger partial charge in [0.1, 0.15) is 0 Å². The minimum atomic E-state index is 0.720. The van der Waals surface area contributed by atoms with Crippen molar-refractivity contribution in [1.29, 1.82) is 0 Å². The summed E-state index contributed by atoms with van der Waals surface area (Å²) in [6.07, 6.45) is 5.61. The number of hydrogen-bond donors (Lipinski definition) is 0. The predicted molar refractivity (Wildman–Crippen MR) is 62.9 cm³/mol. The second-order valence-corrected chi connectivity index (χ2v) is 5.04. The highest BCUT2D eigenvalue weighted by molar-refractivity contribution is 5.25. The highest BCUT2D eigenvalue weighted by Gasteiger charge is 2.37. The highest BCUT2D eigenvalue weighted by Crippen LogP contribution is 2.40. The Bertz CT molecular complexity index is 337. The zero-order chi connectivity index (χ0) is 10.3. The largest absolute Gasteiger partial charge is 0.293 e. The van der Waals surface area contributed by atoms with Crippen molar-refractivity contribution in [1.82, 2.24) is 4.90 Å². The van der Waals surface area contributed by atoms with Gasteiger partial charge >= 0.3 is 0 Å². The van der Waals surface area contributed by atoms with Crippen LogP contribution in [0.15, 0.2) is 24.3 Å². The quantitative estimate of drug-likeness (QED) is 0.709. The number of aryl methyl sites for hydroxylation is 1. The summed E-state index contributed by atoms with van der Waals surface area (Å²) in [5.41, 5.74) is 2.90. The zero-order valence-electron chi connectivity index (χ0n) is 9.45. The van der Waals surface area contributed by atoms with E-state index in [0.29, 0.717) is 0 Å². The van der Waals surface area contributed by atoms with E-state index in [1.807, 2.05) is 0 Å². The summed E-state index contributed by atoms with van der Waals surface area (Å²) >= 11 is 0. The first-order chi connectivity index (χ1) is 7.34. The molecule has 2 aliphatic rings. The van der Waals surface area contributed by atoms with Crippen LogP contribution in [0.5, 0.6) is 0 Å². The zero-order valence-corrected chi connectivity index (χ0v) is 9.45. The lowest BCUT2D eigenvalue weighted by Crippen LogP contribution is -2.25. The summed E-state index contributed by atoms with van der Waals surface area (Å²) in [6.45, 7) is 3.49. The average Bonchev–Trinajstić information content (AvgIpc) is 2.98. The fourth-order valence-electron chi connectivity index (χ4n) is 2.78. The van der Waals surface area contributed by atoms with E-state index in [2.05, 4.69) is 36.1 Å². The monoisotopic (exact) mass is 201 g/mol. The Morgan fingerprint density at radius 3 is 2.47 bits per heavy atom. The van der Waals surface area contributed by atoms with Crippen LogP contribution in [0.4, 0.5) is 0 Å². The van der Waals surface area contributed by atoms with Gasteiger partial charge in [0.25, 0.3) is 0 Å². The third-order valence-corrected chi connectivity index (χ3v) is 3.77. The molecule has 0 bridgehead atoms. The third-order valence-electron chi connectivity index (χ3n) is 3.77. The van der Waals surface area contributed by atoms with Gasteiger partial charge in [-0.15, -0.1) is 0 Å². The average molecular weight is 201 g/mol. The molecule has 80 valence electrons. The molecule has 0 spiro atoms. The van der Waals surface area contributed by atoms with Crippen molar-refractivity contribution in [2.45, 2.75) is 44.7 Å². The van der Waals surface area contributed by atoms with E-state index in [1.165, 1.54) is 43.4 Å². The first kappa shape index (κ1) is 9.41. The molecule has 1 aromatic carbocycles. The van der Waals surface area contributed by atoms with E-state index < -0.39 is 0 Å². The first-order valence-electron chi connectivity index (χ1n) is 6.17. The van der Waals surface area contributed by atoms with Crippen LogP contribution in [-0.4, -0.2) is 17.5 Å². The Morgan fingerprint density at radius 2 is 1.80 bits per heavy atom. The normalized spacial score (nSPS) is 27.1. The molecule has 1 nitrogen and oxygen atoms in total. The molecule has 0 amide bonds. The molecule has 0 aromatic heterocycles. The topological polar surface area (TPSA) is 3.24 Å². The van der Waals surface area contributed by atoms with Gasteiger partial charge in [-0.25, -0.2) is 0 Å². The van der Waals surface area contributed by atoms with Crippen LogP contribution in [0.3, 0.4) is 0 Å². The Hall–Kier alpha value is -0.820. The molecule has 2 fully saturated rings. The maximum atomic E-state index is 2.73. The molecule has 3 rings (SSSR count). The number of rotatable bonds is 2. The summed E-state index contributed by atoms with van der Waals surface area (Å²) in [7, 11) is 0. The first-order valence-corrected chi connectivity index (χ1v) is 6.17. The maximum absolute atomic E-state index is 2.73. The van der Waals surface area contributed by atoms with Crippen LogP contribution in [0.25, 0.3) is 0 Å². The minimum absolute atomic E-state index is 0.720. The molecule has 1 saturated carbocycles. The molecule has 1 unspecified atom stereocenters. The molecule has 1 heteroatoms. The van der Waals surface area contributed by atoms with Crippen molar-refractivity contribution in [2.24, 2.45) is 0 Å². The molecule has 1 aromatic rings. The van der Waals surface area contributed by atoms with Crippen LogP contribution < -0.4 is 0 Å². The second kappa shape index (κ2) is 3.64. The number of hydrogen-bond acceptors (Lipinski definition) is 1. The lowest BCUT2D eigenvalue weighted by molar-refractivity contribution is 0.246. The van der Waals surface area contributed by atoms with Gasteiger partial charge in [-0.1, -0.05) is 29.8 Å².